The first-order valence-electron chi connectivity index (χ1n) is 4.08. The standard InChI is InChI=1S/C7H9Cl3N4S/c1-3-11-5-12-4(7(8,9)10)13-6(14-5)15-2/h3H2,1-2H3,(H,11,12,13,14). The van der Waals surface area contributed by atoms with E-state index in [1.54, 1.807) is 0 Å². The van der Waals surface area contributed by atoms with Gasteiger partial charge in [0.1, 0.15) is 0 Å². The molecule has 0 unspecified atom stereocenters. The molecular weight excluding hydrogens is 279 g/mol. The Balaban J connectivity index is 3.11. The molecule has 0 bridgehead atoms. The maximum atomic E-state index is 5.70. The quantitative estimate of drug-likeness (QED) is 0.684. The Morgan fingerprint density at radius 3 is 2.40 bits per heavy atom. The lowest BCUT2D eigenvalue weighted by atomic mass is 10.6. The summed E-state index contributed by atoms with van der Waals surface area (Å²) >= 11 is 18.5. The molecule has 0 aromatic carbocycles. The molecule has 0 saturated carbocycles. The van der Waals surface area contributed by atoms with Crippen molar-refractivity contribution in [1.29, 1.82) is 0 Å². The van der Waals surface area contributed by atoms with Crippen LogP contribution in [0.25, 0.3) is 0 Å². The predicted molar refractivity (Wildman–Crippen MR) is 65.0 cm³/mol. The molecule has 15 heavy (non-hydrogen) atoms. The van der Waals surface area contributed by atoms with Crippen molar-refractivity contribution in [3.63, 3.8) is 0 Å². The second-order valence-corrected chi connectivity index (χ2v) is 5.55. The second kappa shape index (κ2) is 5.39. The maximum absolute atomic E-state index is 5.70. The summed E-state index contributed by atoms with van der Waals surface area (Å²) in [5.74, 6) is 0.543. The van der Waals surface area contributed by atoms with Crippen molar-refractivity contribution in [3.8, 4) is 0 Å². The lowest BCUT2D eigenvalue weighted by Gasteiger charge is -2.11. The molecule has 1 rings (SSSR count). The van der Waals surface area contributed by atoms with E-state index in [-0.39, 0.29) is 5.82 Å². The molecule has 1 N–H and O–H groups in total. The summed E-state index contributed by atoms with van der Waals surface area (Å²) in [5.41, 5.74) is 0. The van der Waals surface area contributed by atoms with E-state index in [0.29, 0.717) is 17.6 Å². The zero-order valence-electron chi connectivity index (χ0n) is 8.09. The molecule has 0 radical (unpaired) electrons. The second-order valence-electron chi connectivity index (χ2n) is 2.50. The third-order valence-corrected chi connectivity index (χ3v) is 2.44. The van der Waals surface area contributed by atoms with Gasteiger partial charge in [0, 0.05) is 6.54 Å². The molecule has 0 fully saturated rings. The molecule has 1 aromatic rings. The monoisotopic (exact) mass is 286 g/mol. The highest BCUT2D eigenvalue weighted by Gasteiger charge is 2.28. The van der Waals surface area contributed by atoms with E-state index in [1.165, 1.54) is 11.8 Å². The van der Waals surface area contributed by atoms with Crippen molar-refractivity contribution in [2.75, 3.05) is 18.1 Å². The van der Waals surface area contributed by atoms with E-state index < -0.39 is 3.79 Å². The molecular formula is C7H9Cl3N4S. The molecule has 8 heteroatoms. The number of hydrogen-bond acceptors (Lipinski definition) is 5. The summed E-state index contributed by atoms with van der Waals surface area (Å²) in [7, 11) is 0. The highest BCUT2D eigenvalue weighted by Crippen LogP contribution is 2.36. The topological polar surface area (TPSA) is 50.7 Å². The van der Waals surface area contributed by atoms with E-state index in [1.807, 2.05) is 13.2 Å². The van der Waals surface area contributed by atoms with Gasteiger partial charge in [0.15, 0.2) is 11.0 Å². The van der Waals surface area contributed by atoms with Crippen LogP contribution in [-0.2, 0) is 3.79 Å². The van der Waals surface area contributed by atoms with Gasteiger partial charge in [-0.1, -0.05) is 46.6 Å². The third-order valence-electron chi connectivity index (χ3n) is 1.39. The normalized spacial score (nSPS) is 11.5. The summed E-state index contributed by atoms with van der Waals surface area (Å²) in [6.07, 6.45) is 1.84. The zero-order chi connectivity index (χ0) is 11.5. The SMILES string of the molecule is CCNc1nc(SC)nc(C(Cl)(Cl)Cl)n1. The van der Waals surface area contributed by atoms with Gasteiger partial charge in [-0.3, -0.25) is 0 Å². The molecule has 1 aromatic heterocycles. The highest BCUT2D eigenvalue weighted by molar-refractivity contribution is 7.98. The van der Waals surface area contributed by atoms with Gasteiger partial charge in [0.05, 0.1) is 0 Å². The van der Waals surface area contributed by atoms with Gasteiger partial charge in [-0.2, -0.15) is 9.97 Å². The molecule has 0 amide bonds. The smallest absolute Gasteiger partial charge is 0.250 e. The van der Waals surface area contributed by atoms with Crippen LogP contribution in [0.1, 0.15) is 12.7 Å². The third kappa shape index (κ3) is 3.83. The first kappa shape index (κ1) is 13.1. The van der Waals surface area contributed by atoms with Gasteiger partial charge in [-0.05, 0) is 13.2 Å². The van der Waals surface area contributed by atoms with E-state index in [2.05, 4.69) is 20.3 Å². The van der Waals surface area contributed by atoms with E-state index >= 15 is 0 Å². The number of hydrogen-bond donors (Lipinski definition) is 1. The fourth-order valence-corrected chi connectivity index (χ4v) is 1.42. The Morgan fingerprint density at radius 1 is 1.27 bits per heavy atom. The Morgan fingerprint density at radius 2 is 1.93 bits per heavy atom. The summed E-state index contributed by atoms with van der Waals surface area (Å²) in [6.45, 7) is 2.62. The Bertz CT molecular complexity index is 341. The van der Waals surface area contributed by atoms with Crippen molar-refractivity contribution in [2.24, 2.45) is 0 Å². The van der Waals surface area contributed by atoms with Crippen LogP contribution in [0.15, 0.2) is 5.16 Å². The molecule has 0 aliphatic heterocycles. The van der Waals surface area contributed by atoms with Gasteiger partial charge >= 0.3 is 0 Å². The van der Waals surface area contributed by atoms with Crippen LogP contribution in [0.4, 0.5) is 5.95 Å². The van der Waals surface area contributed by atoms with E-state index in [9.17, 15) is 0 Å². The number of rotatable bonds is 3. The average molecular weight is 288 g/mol. The Hall–Kier alpha value is 0.0300. The van der Waals surface area contributed by atoms with Gasteiger partial charge in [0.25, 0.3) is 0 Å². The van der Waals surface area contributed by atoms with Gasteiger partial charge in [-0.15, -0.1) is 0 Å². The van der Waals surface area contributed by atoms with Crippen LogP contribution in [-0.4, -0.2) is 27.8 Å². The number of nitrogens with zero attached hydrogens (tertiary/aromatic N) is 3. The number of anilines is 1. The largest absolute Gasteiger partial charge is 0.354 e. The summed E-state index contributed by atoms with van der Waals surface area (Å²) in [6, 6.07) is 0. The summed E-state index contributed by atoms with van der Waals surface area (Å²) in [5, 5.41) is 3.46. The van der Waals surface area contributed by atoms with Crippen molar-refractivity contribution in [3.05, 3.63) is 5.82 Å². The molecule has 0 atom stereocenters. The van der Waals surface area contributed by atoms with Gasteiger partial charge < -0.3 is 5.32 Å². The minimum absolute atomic E-state index is 0.128. The minimum Gasteiger partial charge on any atom is -0.354 e. The number of aromatic nitrogens is 3. The van der Waals surface area contributed by atoms with Gasteiger partial charge in [-0.25, -0.2) is 4.98 Å². The van der Waals surface area contributed by atoms with E-state index in [4.69, 9.17) is 34.8 Å². The number of thioether (sulfide) groups is 1. The zero-order valence-corrected chi connectivity index (χ0v) is 11.2. The minimum atomic E-state index is -1.63. The number of nitrogens with one attached hydrogen (secondary N) is 1. The molecule has 4 nitrogen and oxygen atoms in total. The molecule has 1 heterocycles. The first-order valence-corrected chi connectivity index (χ1v) is 6.44. The van der Waals surface area contributed by atoms with Crippen LogP contribution >= 0.6 is 46.6 Å². The first-order chi connectivity index (χ1) is 6.97. The predicted octanol–water partition coefficient (Wildman–Crippen LogP) is 2.85. The average Bonchev–Trinajstić information content (AvgIpc) is 2.16. The number of halogens is 3. The fraction of sp³-hybridized carbons (Fsp3) is 0.571. The maximum Gasteiger partial charge on any atom is 0.250 e. The highest BCUT2D eigenvalue weighted by atomic mass is 35.6. The van der Waals surface area contributed by atoms with Crippen molar-refractivity contribution in [2.45, 2.75) is 15.9 Å². The lowest BCUT2D eigenvalue weighted by Crippen LogP contribution is -2.13. The number of alkyl halides is 3. The van der Waals surface area contributed by atoms with Crippen LogP contribution < -0.4 is 5.32 Å². The molecule has 0 aliphatic rings. The molecule has 0 aliphatic carbocycles. The molecule has 0 spiro atoms. The van der Waals surface area contributed by atoms with Crippen molar-refractivity contribution < 1.29 is 0 Å². The summed E-state index contributed by atoms with van der Waals surface area (Å²) < 4.78 is -1.63. The fourth-order valence-electron chi connectivity index (χ4n) is 0.812. The van der Waals surface area contributed by atoms with E-state index in [0.717, 1.165) is 0 Å². The van der Waals surface area contributed by atoms with Crippen LogP contribution in [0.2, 0.25) is 0 Å². The van der Waals surface area contributed by atoms with Crippen LogP contribution in [0.5, 0.6) is 0 Å². The van der Waals surface area contributed by atoms with Gasteiger partial charge in [0.2, 0.25) is 9.74 Å². The van der Waals surface area contributed by atoms with Crippen molar-refractivity contribution >= 4 is 52.5 Å². The Kier molecular flexibility index (Phi) is 4.70. The van der Waals surface area contributed by atoms with Crippen molar-refractivity contribution in [1.82, 2.24) is 15.0 Å². The van der Waals surface area contributed by atoms with Crippen LogP contribution in [0, 0.1) is 0 Å². The molecule has 0 saturated heterocycles. The van der Waals surface area contributed by atoms with Crippen LogP contribution in [0.3, 0.4) is 0 Å². The summed E-state index contributed by atoms with van der Waals surface area (Å²) in [4.78, 5) is 12.1. The Labute approximate surface area is 107 Å². The molecule has 84 valence electrons. The lowest BCUT2D eigenvalue weighted by molar-refractivity contribution is 0.826.